The lowest BCUT2D eigenvalue weighted by molar-refractivity contribution is 0.576. The molecule has 4 aromatic rings. The van der Waals surface area contributed by atoms with E-state index in [1.165, 1.54) is 11.1 Å². The number of hydrogen-bond acceptors (Lipinski definition) is 3. The van der Waals surface area contributed by atoms with Crippen LogP contribution in [0.25, 0.3) is 22.4 Å². The maximum absolute atomic E-state index is 5.55. The number of nitrogens with zero attached hydrogens (tertiary/aromatic N) is 3. The Labute approximate surface area is 150 Å². The molecule has 0 saturated heterocycles. The predicted octanol–water partition coefficient (Wildman–Crippen LogP) is 4.69. The number of aromatic nitrogens is 4. The minimum atomic E-state index is 0.214. The smallest absolute Gasteiger partial charge is 0.196 e. The number of benzene rings is 2. The molecule has 0 saturated carbocycles. The van der Waals surface area contributed by atoms with E-state index in [0.717, 1.165) is 35.3 Å². The van der Waals surface area contributed by atoms with Crippen LogP contribution in [0.1, 0.15) is 23.6 Å². The molecule has 0 aliphatic heterocycles. The van der Waals surface area contributed by atoms with Crippen molar-refractivity contribution in [3.8, 4) is 11.5 Å². The molecule has 1 aliphatic rings. The van der Waals surface area contributed by atoms with Gasteiger partial charge in [0.05, 0.1) is 11.6 Å². The van der Waals surface area contributed by atoms with E-state index in [2.05, 4.69) is 51.2 Å². The molecular weight excluding hydrogens is 328 g/mol. The molecule has 2 heterocycles. The van der Waals surface area contributed by atoms with Gasteiger partial charge in [0.15, 0.2) is 10.6 Å². The van der Waals surface area contributed by atoms with Crippen molar-refractivity contribution in [1.29, 1.82) is 0 Å². The highest BCUT2D eigenvalue weighted by Gasteiger charge is 2.27. The Bertz CT molecular complexity index is 1140. The van der Waals surface area contributed by atoms with Gasteiger partial charge in [-0.3, -0.25) is 9.67 Å². The summed E-state index contributed by atoms with van der Waals surface area (Å²) in [5, 5.41) is 8.58. The second-order valence-corrected chi connectivity index (χ2v) is 6.75. The molecular formula is C20H16N4S. The Kier molecular flexibility index (Phi) is 3.28. The molecule has 0 radical (unpaired) electrons. The summed E-state index contributed by atoms with van der Waals surface area (Å²) in [6, 6.07) is 21.0. The van der Waals surface area contributed by atoms with E-state index in [0.29, 0.717) is 4.77 Å². The summed E-state index contributed by atoms with van der Waals surface area (Å²) in [6.07, 6.45) is 2.10. The third kappa shape index (κ3) is 2.31. The van der Waals surface area contributed by atoms with Crippen molar-refractivity contribution >= 4 is 23.1 Å². The molecule has 4 nitrogen and oxygen atoms in total. The van der Waals surface area contributed by atoms with Crippen LogP contribution in [-0.2, 0) is 6.42 Å². The van der Waals surface area contributed by atoms with Crippen LogP contribution in [0.15, 0.2) is 60.7 Å². The number of aromatic amines is 1. The van der Waals surface area contributed by atoms with Crippen LogP contribution in [0.2, 0.25) is 0 Å². The Morgan fingerprint density at radius 1 is 1.00 bits per heavy atom. The fourth-order valence-corrected chi connectivity index (χ4v) is 4.03. The first kappa shape index (κ1) is 14.5. The Balaban J connectivity index is 1.68. The first-order chi connectivity index (χ1) is 12.3. The van der Waals surface area contributed by atoms with Crippen molar-refractivity contribution in [1.82, 2.24) is 19.7 Å². The van der Waals surface area contributed by atoms with E-state index in [1.807, 2.05) is 24.3 Å². The number of hydrogen-bond donors (Lipinski definition) is 1. The fraction of sp³-hybridized carbons (Fsp3) is 0.150. The highest BCUT2D eigenvalue weighted by atomic mass is 32.1. The van der Waals surface area contributed by atoms with E-state index in [-0.39, 0.29) is 6.04 Å². The van der Waals surface area contributed by atoms with Gasteiger partial charge >= 0.3 is 0 Å². The molecule has 0 unspecified atom stereocenters. The zero-order valence-corrected chi connectivity index (χ0v) is 14.3. The standard InChI is InChI=1S/C20H16N4S/c25-20-23-22-19(17-11-9-14-6-2-4-8-16(14)21-17)24(20)18-12-10-13-5-1-3-7-15(13)18/h1-9,11,18H,10,12H2,(H,23,25)/t18-/m0/s1. The average Bonchev–Trinajstić information content (AvgIpc) is 3.24. The fourth-order valence-electron chi connectivity index (χ4n) is 3.77. The van der Waals surface area contributed by atoms with Gasteiger partial charge in [-0.2, -0.15) is 5.10 Å². The van der Waals surface area contributed by atoms with Crippen molar-refractivity contribution in [2.45, 2.75) is 18.9 Å². The average molecular weight is 344 g/mol. The van der Waals surface area contributed by atoms with Crippen molar-refractivity contribution in [3.05, 3.63) is 76.6 Å². The van der Waals surface area contributed by atoms with Gasteiger partial charge in [-0.15, -0.1) is 0 Å². The number of H-pyrrole nitrogens is 1. The Hall–Kier alpha value is -2.79. The number of aryl methyl sites for hydroxylation is 1. The minimum absolute atomic E-state index is 0.214. The first-order valence-corrected chi connectivity index (χ1v) is 8.83. The van der Waals surface area contributed by atoms with Crippen LogP contribution in [0, 0.1) is 4.77 Å². The van der Waals surface area contributed by atoms with Crippen LogP contribution in [0.5, 0.6) is 0 Å². The molecule has 5 heteroatoms. The van der Waals surface area contributed by atoms with Crippen LogP contribution < -0.4 is 0 Å². The van der Waals surface area contributed by atoms with Gasteiger partial charge in [0.2, 0.25) is 0 Å². The molecule has 5 rings (SSSR count). The molecule has 0 fully saturated rings. The molecule has 0 amide bonds. The molecule has 2 aromatic carbocycles. The highest BCUT2D eigenvalue weighted by molar-refractivity contribution is 7.71. The van der Waals surface area contributed by atoms with Gasteiger partial charge in [-0.1, -0.05) is 48.5 Å². The minimum Gasteiger partial charge on any atom is -0.291 e. The maximum Gasteiger partial charge on any atom is 0.196 e. The summed E-state index contributed by atoms with van der Waals surface area (Å²) in [5.74, 6) is 0.803. The van der Waals surface area contributed by atoms with Crippen LogP contribution in [0.3, 0.4) is 0 Å². The monoisotopic (exact) mass is 344 g/mol. The van der Waals surface area contributed by atoms with Crippen molar-refractivity contribution in [2.75, 3.05) is 0 Å². The lowest BCUT2D eigenvalue weighted by atomic mass is 10.1. The normalized spacial score (nSPS) is 16.2. The summed E-state index contributed by atoms with van der Waals surface area (Å²) in [4.78, 5) is 4.80. The molecule has 1 atom stereocenters. The summed E-state index contributed by atoms with van der Waals surface area (Å²) in [5.41, 5.74) is 4.54. The first-order valence-electron chi connectivity index (χ1n) is 8.42. The number of para-hydroxylation sites is 1. The number of fused-ring (bicyclic) bond motifs is 2. The summed E-state index contributed by atoms with van der Waals surface area (Å²) in [7, 11) is 0. The zero-order chi connectivity index (χ0) is 16.8. The second-order valence-electron chi connectivity index (χ2n) is 6.36. The summed E-state index contributed by atoms with van der Waals surface area (Å²) in [6.45, 7) is 0. The van der Waals surface area contributed by atoms with Crippen LogP contribution in [0.4, 0.5) is 0 Å². The van der Waals surface area contributed by atoms with E-state index in [1.54, 1.807) is 0 Å². The number of rotatable bonds is 2. The molecule has 2 aromatic heterocycles. The third-order valence-corrected chi connectivity index (χ3v) is 5.23. The van der Waals surface area contributed by atoms with E-state index in [9.17, 15) is 0 Å². The van der Waals surface area contributed by atoms with E-state index in [4.69, 9.17) is 17.2 Å². The molecule has 1 aliphatic carbocycles. The largest absolute Gasteiger partial charge is 0.291 e. The van der Waals surface area contributed by atoms with Gasteiger partial charge in [-0.05, 0) is 48.3 Å². The Morgan fingerprint density at radius 2 is 1.84 bits per heavy atom. The van der Waals surface area contributed by atoms with Crippen molar-refractivity contribution in [2.24, 2.45) is 0 Å². The predicted molar refractivity (Wildman–Crippen MR) is 101 cm³/mol. The summed E-state index contributed by atoms with van der Waals surface area (Å²) < 4.78 is 2.77. The second kappa shape index (κ2) is 5.63. The topological polar surface area (TPSA) is 46.5 Å². The Morgan fingerprint density at radius 3 is 2.80 bits per heavy atom. The van der Waals surface area contributed by atoms with Gasteiger partial charge in [0, 0.05) is 5.39 Å². The number of pyridine rings is 1. The van der Waals surface area contributed by atoms with E-state index < -0.39 is 0 Å². The van der Waals surface area contributed by atoms with Gasteiger partial charge in [0.25, 0.3) is 0 Å². The maximum atomic E-state index is 5.55. The van der Waals surface area contributed by atoms with Gasteiger partial charge in [0.1, 0.15) is 5.69 Å². The molecule has 0 bridgehead atoms. The quantitative estimate of drug-likeness (QED) is 0.537. The van der Waals surface area contributed by atoms with Crippen LogP contribution in [-0.4, -0.2) is 19.7 Å². The molecule has 1 N–H and O–H groups in total. The van der Waals surface area contributed by atoms with Crippen molar-refractivity contribution in [3.63, 3.8) is 0 Å². The van der Waals surface area contributed by atoms with Gasteiger partial charge < -0.3 is 0 Å². The molecule has 0 spiro atoms. The van der Waals surface area contributed by atoms with E-state index >= 15 is 0 Å². The van der Waals surface area contributed by atoms with Crippen molar-refractivity contribution < 1.29 is 0 Å². The molecule has 25 heavy (non-hydrogen) atoms. The van der Waals surface area contributed by atoms with Gasteiger partial charge in [-0.25, -0.2) is 4.98 Å². The lowest BCUT2D eigenvalue weighted by Crippen LogP contribution is -2.10. The lowest BCUT2D eigenvalue weighted by Gasteiger charge is -2.16. The van der Waals surface area contributed by atoms with Crippen LogP contribution >= 0.6 is 12.2 Å². The molecule has 122 valence electrons. The third-order valence-electron chi connectivity index (χ3n) is 4.94. The SMILES string of the molecule is S=c1[nH]nc(-c2ccc3ccccc3n2)n1[C@H]1CCc2ccccc21. The number of nitrogens with one attached hydrogen (secondary N) is 1. The zero-order valence-electron chi connectivity index (χ0n) is 13.5. The summed E-state index contributed by atoms with van der Waals surface area (Å²) >= 11 is 5.55. The highest BCUT2D eigenvalue weighted by Crippen LogP contribution is 2.36.